The number of benzene rings is 3. The SMILES string of the molecule is C=CN.CCCSc1ccc(-n2nc(C)c3c2-c2ccccc2CC3)cc1.CNC(=O)c1ccccc1Cl. The number of hydrogen-bond acceptors (Lipinski definition) is 4. The van der Waals surface area contributed by atoms with Crippen LogP contribution in [-0.4, -0.2) is 28.5 Å². The lowest BCUT2D eigenvalue weighted by molar-refractivity contribution is 0.0963. The van der Waals surface area contributed by atoms with Crippen molar-refractivity contribution in [1.82, 2.24) is 15.1 Å². The number of thioether (sulfide) groups is 1. The molecule has 0 bridgehead atoms. The van der Waals surface area contributed by atoms with E-state index in [9.17, 15) is 4.79 Å². The van der Waals surface area contributed by atoms with Crippen LogP contribution in [0.1, 0.15) is 40.5 Å². The second-order valence-electron chi connectivity index (χ2n) is 8.62. The minimum atomic E-state index is -0.157. The summed E-state index contributed by atoms with van der Waals surface area (Å²) in [6.45, 7) is 7.49. The number of nitrogens with zero attached hydrogens (tertiary/aromatic N) is 2. The highest BCUT2D eigenvalue weighted by atomic mass is 35.5. The minimum Gasteiger partial charge on any atom is -0.405 e. The van der Waals surface area contributed by atoms with Gasteiger partial charge >= 0.3 is 0 Å². The maximum atomic E-state index is 11.0. The van der Waals surface area contributed by atoms with Crippen molar-refractivity contribution in [3.05, 3.63) is 113 Å². The monoisotopic (exact) mass is 546 g/mol. The van der Waals surface area contributed by atoms with Gasteiger partial charge in [0.15, 0.2) is 0 Å². The van der Waals surface area contributed by atoms with Crippen molar-refractivity contribution in [2.45, 2.75) is 38.0 Å². The van der Waals surface area contributed by atoms with Crippen LogP contribution in [0.4, 0.5) is 0 Å². The molecule has 5 nitrogen and oxygen atoms in total. The van der Waals surface area contributed by atoms with Gasteiger partial charge in [0, 0.05) is 23.1 Å². The molecule has 0 saturated heterocycles. The molecule has 1 aromatic heterocycles. The summed E-state index contributed by atoms with van der Waals surface area (Å²) in [5.74, 6) is 1.01. The van der Waals surface area contributed by atoms with Gasteiger partial charge in [0.05, 0.1) is 27.7 Å². The molecule has 1 aliphatic carbocycles. The van der Waals surface area contributed by atoms with Crippen molar-refractivity contribution in [3.63, 3.8) is 0 Å². The zero-order valence-corrected chi connectivity index (χ0v) is 23.8. The van der Waals surface area contributed by atoms with E-state index in [0.29, 0.717) is 10.6 Å². The number of fused-ring (bicyclic) bond motifs is 3. The van der Waals surface area contributed by atoms with Crippen LogP contribution in [-0.2, 0) is 12.8 Å². The first-order valence-electron chi connectivity index (χ1n) is 12.6. The van der Waals surface area contributed by atoms with Crippen molar-refractivity contribution in [1.29, 1.82) is 0 Å². The molecule has 38 heavy (non-hydrogen) atoms. The third-order valence-electron chi connectivity index (χ3n) is 6.00. The molecule has 0 spiro atoms. The van der Waals surface area contributed by atoms with E-state index in [2.05, 4.69) is 84.7 Å². The molecule has 198 valence electrons. The van der Waals surface area contributed by atoms with E-state index in [0.717, 1.165) is 24.2 Å². The zero-order valence-electron chi connectivity index (χ0n) is 22.2. The number of carbonyl (C=O) groups excluding carboxylic acids is 1. The first-order chi connectivity index (χ1) is 18.4. The van der Waals surface area contributed by atoms with Crippen molar-refractivity contribution in [3.8, 4) is 16.9 Å². The molecule has 1 amide bonds. The van der Waals surface area contributed by atoms with Crippen LogP contribution in [0.15, 0.2) is 90.5 Å². The van der Waals surface area contributed by atoms with Gasteiger partial charge in [-0.3, -0.25) is 4.79 Å². The highest BCUT2D eigenvalue weighted by Gasteiger charge is 2.23. The van der Waals surface area contributed by atoms with Crippen LogP contribution < -0.4 is 11.1 Å². The van der Waals surface area contributed by atoms with Gasteiger partial charge in [-0.15, -0.1) is 11.8 Å². The van der Waals surface area contributed by atoms with Crippen molar-refractivity contribution < 1.29 is 4.79 Å². The Balaban J connectivity index is 0.000000239. The summed E-state index contributed by atoms with van der Waals surface area (Å²) in [5, 5.41) is 7.84. The molecule has 1 aliphatic rings. The molecule has 3 N–H and O–H groups in total. The summed E-state index contributed by atoms with van der Waals surface area (Å²) in [7, 11) is 1.58. The Hall–Kier alpha value is -3.48. The summed E-state index contributed by atoms with van der Waals surface area (Å²) in [5.41, 5.74) is 12.9. The fraction of sp³-hybridized carbons (Fsp3) is 0.226. The number of aryl methyl sites for hydroxylation is 2. The van der Waals surface area contributed by atoms with Gasteiger partial charge in [0.2, 0.25) is 0 Å². The van der Waals surface area contributed by atoms with Gasteiger partial charge in [-0.2, -0.15) is 5.10 Å². The Morgan fingerprint density at radius 2 is 1.76 bits per heavy atom. The Morgan fingerprint density at radius 3 is 2.42 bits per heavy atom. The second kappa shape index (κ2) is 14.5. The van der Waals surface area contributed by atoms with E-state index in [1.165, 1.54) is 45.7 Å². The van der Waals surface area contributed by atoms with Crippen LogP contribution in [0, 0.1) is 6.92 Å². The highest BCUT2D eigenvalue weighted by molar-refractivity contribution is 7.99. The van der Waals surface area contributed by atoms with Gasteiger partial charge in [0.1, 0.15) is 0 Å². The molecule has 0 saturated carbocycles. The third-order valence-corrected chi connectivity index (χ3v) is 7.55. The first-order valence-corrected chi connectivity index (χ1v) is 14.0. The lowest BCUT2D eigenvalue weighted by atomic mass is 9.89. The molecule has 1 heterocycles. The molecule has 3 aromatic carbocycles. The fourth-order valence-electron chi connectivity index (χ4n) is 4.23. The smallest absolute Gasteiger partial charge is 0.252 e. The predicted octanol–water partition coefficient (Wildman–Crippen LogP) is 7.24. The Labute approximate surface area is 235 Å². The second-order valence-corrected chi connectivity index (χ2v) is 10.2. The number of amides is 1. The number of halogens is 1. The lowest BCUT2D eigenvalue weighted by Crippen LogP contribution is -2.17. The van der Waals surface area contributed by atoms with Gasteiger partial charge < -0.3 is 11.1 Å². The first kappa shape index (κ1) is 29.1. The Morgan fingerprint density at radius 1 is 1.11 bits per heavy atom. The van der Waals surface area contributed by atoms with Crippen molar-refractivity contribution >= 4 is 29.3 Å². The van der Waals surface area contributed by atoms with E-state index < -0.39 is 0 Å². The average molecular weight is 547 g/mol. The van der Waals surface area contributed by atoms with Crippen LogP contribution in [0.5, 0.6) is 0 Å². The van der Waals surface area contributed by atoms with E-state index in [-0.39, 0.29) is 5.91 Å². The fourth-order valence-corrected chi connectivity index (χ4v) is 5.22. The zero-order chi connectivity index (χ0) is 27.5. The minimum absolute atomic E-state index is 0.157. The summed E-state index contributed by atoms with van der Waals surface area (Å²) in [6.07, 6.45) is 4.65. The van der Waals surface area contributed by atoms with Crippen molar-refractivity contribution in [2.75, 3.05) is 12.8 Å². The molecule has 0 radical (unpaired) electrons. The highest BCUT2D eigenvalue weighted by Crippen LogP contribution is 2.36. The van der Waals surface area contributed by atoms with Gasteiger partial charge in [-0.1, -0.05) is 61.5 Å². The number of nitrogens with one attached hydrogen (secondary N) is 1. The number of nitrogens with two attached hydrogens (primary N) is 1. The summed E-state index contributed by atoms with van der Waals surface area (Å²) in [4.78, 5) is 12.4. The maximum Gasteiger partial charge on any atom is 0.252 e. The van der Waals surface area contributed by atoms with Gasteiger partial charge in [0.25, 0.3) is 5.91 Å². The summed E-state index contributed by atoms with van der Waals surface area (Å²) >= 11 is 7.65. The van der Waals surface area contributed by atoms with Crippen LogP contribution in [0.3, 0.4) is 0 Å². The third kappa shape index (κ3) is 7.09. The summed E-state index contributed by atoms with van der Waals surface area (Å²) in [6, 6.07) is 24.5. The molecule has 0 atom stereocenters. The average Bonchev–Trinajstić information content (AvgIpc) is 3.29. The van der Waals surface area contributed by atoms with E-state index in [4.69, 9.17) is 16.7 Å². The van der Waals surface area contributed by atoms with Crippen LogP contribution in [0.2, 0.25) is 5.02 Å². The van der Waals surface area contributed by atoms with E-state index in [1.807, 2.05) is 11.8 Å². The van der Waals surface area contributed by atoms with Crippen LogP contribution in [0.25, 0.3) is 16.9 Å². The molecule has 7 heteroatoms. The Kier molecular flexibility index (Phi) is 11.1. The number of hydrogen-bond donors (Lipinski definition) is 2. The summed E-state index contributed by atoms with van der Waals surface area (Å²) < 4.78 is 2.14. The molecule has 0 unspecified atom stereocenters. The van der Waals surface area contributed by atoms with E-state index in [1.54, 1.807) is 31.3 Å². The topological polar surface area (TPSA) is 72.9 Å². The molecule has 0 aliphatic heterocycles. The predicted molar refractivity (Wildman–Crippen MR) is 161 cm³/mol. The van der Waals surface area contributed by atoms with Crippen LogP contribution >= 0.6 is 23.4 Å². The largest absolute Gasteiger partial charge is 0.405 e. The Bertz CT molecular complexity index is 1360. The quantitative estimate of drug-likeness (QED) is 0.259. The van der Waals surface area contributed by atoms with Crippen molar-refractivity contribution in [2.24, 2.45) is 5.73 Å². The normalized spacial score (nSPS) is 11.1. The molecular weight excluding hydrogens is 512 g/mol. The molecular formula is C31H35ClN4OS. The number of rotatable bonds is 5. The number of carbonyl (C=O) groups is 1. The molecule has 5 rings (SSSR count). The molecule has 0 fully saturated rings. The van der Waals surface area contributed by atoms with Gasteiger partial charge in [-0.05, 0) is 80.1 Å². The van der Waals surface area contributed by atoms with Gasteiger partial charge in [-0.25, -0.2) is 4.68 Å². The lowest BCUT2D eigenvalue weighted by Gasteiger charge is -2.18. The molecule has 4 aromatic rings. The van der Waals surface area contributed by atoms with E-state index >= 15 is 0 Å². The maximum absolute atomic E-state index is 11.0. The standard InChI is InChI=1S/C21H22N2S.C8H8ClNO.C2H5N/c1-3-14-24-18-11-9-17(10-12-18)23-21-19(15(2)22-23)13-8-16-6-4-5-7-20(16)21;1-10-8(11)6-4-2-3-5-7(6)9;1-2-3/h4-7,9-12H,3,8,13-14H2,1-2H3;2-5H,1H3,(H,10,11);2H,1,3H2. The number of aromatic nitrogens is 2.